The molecule has 1 atom stereocenters. The Balaban J connectivity index is 2.16. The van der Waals surface area contributed by atoms with Crippen molar-refractivity contribution < 1.29 is 19.6 Å². The van der Waals surface area contributed by atoms with Crippen LogP contribution in [0.25, 0.3) is 0 Å². The Hall–Kier alpha value is -1.99. The topological polar surface area (TPSA) is 92.9 Å². The SMILES string of the molecule is CC1(C)CN(C(=O)c2ccc([N+](=O)[O-])cc2)CC(CO)O1. The lowest BCUT2D eigenvalue weighted by molar-refractivity contribution is -0.384. The van der Waals surface area contributed by atoms with E-state index in [0.717, 1.165) is 0 Å². The third kappa shape index (κ3) is 3.56. The predicted octanol–water partition coefficient (Wildman–Crippen LogP) is 1.21. The van der Waals surface area contributed by atoms with Crippen LogP contribution in [0.1, 0.15) is 24.2 Å². The standard InChI is InChI=1S/C14H18N2O5/c1-14(2)9-15(7-12(8-17)21-14)13(18)10-3-5-11(6-4-10)16(19)20/h3-6,12,17H,7-9H2,1-2H3. The van der Waals surface area contributed by atoms with Crippen molar-refractivity contribution in [1.29, 1.82) is 0 Å². The van der Waals surface area contributed by atoms with E-state index in [1.54, 1.807) is 4.90 Å². The number of benzene rings is 1. The maximum atomic E-state index is 12.4. The van der Waals surface area contributed by atoms with Gasteiger partial charge in [-0.25, -0.2) is 0 Å². The molecule has 1 saturated heterocycles. The van der Waals surface area contributed by atoms with Gasteiger partial charge in [0.2, 0.25) is 0 Å². The van der Waals surface area contributed by atoms with E-state index in [0.29, 0.717) is 18.7 Å². The zero-order valence-electron chi connectivity index (χ0n) is 12.0. The summed E-state index contributed by atoms with van der Waals surface area (Å²) in [5.41, 5.74) is -0.209. The number of hydrogen-bond donors (Lipinski definition) is 1. The molecule has 21 heavy (non-hydrogen) atoms. The fourth-order valence-electron chi connectivity index (χ4n) is 2.45. The van der Waals surface area contributed by atoms with Gasteiger partial charge in [0.25, 0.3) is 11.6 Å². The number of nitro benzene ring substituents is 1. The monoisotopic (exact) mass is 294 g/mol. The van der Waals surface area contributed by atoms with Gasteiger partial charge < -0.3 is 14.7 Å². The molecule has 114 valence electrons. The number of aliphatic hydroxyl groups is 1. The Morgan fingerprint density at radius 3 is 2.62 bits per heavy atom. The first-order chi connectivity index (χ1) is 9.82. The summed E-state index contributed by atoms with van der Waals surface area (Å²) in [6, 6.07) is 5.50. The van der Waals surface area contributed by atoms with E-state index in [4.69, 9.17) is 4.74 Å². The molecule has 1 fully saturated rings. The van der Waals surface area contributed by atoms with E-state index in [1.807, 2.05) is 13.8 Å². The number of nitrogens with zero attached hydrogens (tertiary/aromatic N) is 2. The quantitative estimate of drug-likeness (QED) is 0.668. The average Bonchev–Trinajstić information content (AvgIpc) is 2.44. The molecule has 7 nitrogen and oxygen atoms in total. The van der Waals surface area contributed by atoms with Crippen molar-refractivity contribution in [2.45, 2.75) is 25.6 Å². The van der Waals surface area contributed by atoms with Crippen molar-refractivity contribution in [3.63, 3.8) is 0 Å². The molecule has 0 spiro atoms. The minimum Gasteiger partial charge on any atom is -0.394 e. The molecule has 1 heterocycles. The lowest BCUT2D eigenvalue weighted by Gasteiger charge is -2.42. The van der Waals surface area contributed by atoms with E-state index in [2.05, 4.69) is 0 Å². The van der Waals surface area contributed by atoms with Crippen LogP contribution in [0.5, 0.6) is 0 Å². The van der Waals surface area contributed by atoms with Crippen molar-refractivity contribution in [3.8, 4) is 0 Å². The molecule has 0 radical (unpaired) electrons. The highest BCUT2D eigenvalue weighted by Crippen LogP contribution is 2.23. The number of aliphatic hydroxyl groups excluding tert-OH is 1. The third-order valence-electron chi connectivity index (χ3n) is 3.30. The molecule has 0 aliphatic carbocycles. The molecule has 1 aromatic carbocycles. The summed E-state index contributed by atoms with van der Waals surface area (Å²) in [4.78, 5) is 24.2. The number of carbonyl (C=O) groups is 1. The lowest BCUT2D eigenvalue weighted by atomic mass is 10.0. The van der Waals surface area contributed by atoms with Crippen molar-refractivity contribution in [1.82, 2.24) is 4.90 Å². The van der Waals surface area contributed by atoms with Crippen molar-refractivity contribution in [3.05, 3.63) is 39.9 Å². The van der Waals surface area contributed by atoms with Crippen LogP contribution >= 0.6 is 0 Å². The molecule has 1 aliphatic heterocycles. The van der Waals surface area contributed by atoms with Crippen LogP contribution in [0, 0.1) is 10.1 Å². The van der Waals surface area contributed by atoms with Gasteiger partial charge in [0, 0.05) is 30.8 Å². The first-order valence-corrected chi connectivity index (χ1v) is 6.65. The van der Waals surface area contributed by atoms with Crippen LogP contribution in [-0.2, 0) is 4.74 Å². The summed E-state index contributed by atoms with van der Waals surface area (Å²) in [7, 11) is 0. The maximum absolute atomic E-state index is 12.4. The number of carbonyl (C=O) groups excluding carboxylic acids is 1. The zero-order chi connectivity index (χ0) is 15.6. The van der Waals surface area contributed by atoms with Crippen LogP contribution in [0.4, 0.5) is 5.69 Å². The van der Waals surface area contributed by atoms with Crippen LogP contribution in [-0.4, -0.2) is 52.2 Å². The highest BCUT2D eigenvalue weighted by molar-refractivity contribution is 5.94. The zero-order valence-corrected chi connectivity index (χ0v) is 12.0. The molecular formula is C14H18N2O5. The molecular weight excluding hydrogens is 276 g/mol. The lowest BCUT2D eigenvalue weighted by Crippen LogP contribution is -2.55. The summed E-state index contributed by atoms with van der Waals surface area (Å²) in [5, 5.41) is 19.9. The molecule has 0 aromatic heterocycles. The highest BCUT2D eigenvalue weighted by atomic mass is 16.6. The average molecular weight is 294 g/mol. The normalized spacial score (nSPS) is 21.1. The number of amides is 1. The number of rotatable bonds is 3. The van der Waals surface area contributed by atoms with Crippen molar-refractivity contribution in [2.75, 3.05) is 19.7 Å². The molecule has 1 aromatic rings. The molecule has 1 aliphatic rings. The second-order valence-corrected chi connectivity index (χ2v) is 5.67. The van der Waals surface area contributed by atoms with Crippen LogP contribution < -0.4 is 0 Å². The Morgan fingerprint density at radius 1 is 1.48 bits per heavy atom. The van der Waals surface area contributed by atoms with Gasteiger partial charge >= 0.3 is 0 Å². The maximum Gasteiger partial charge on any atom is 0.269 e. The minimum atomic E-state index is -0.540. The van der Waals surface area contributed by atoms with Gasteiger partial charge in [-0.05, 0) is 26.0 Å². The third-order valence-corrected chi connectivity index (χ3v) is 3.30. The van der Waals surface area contributed by atoms with Crippen molar-refractivity contribution in [2.24, 2.45) is 0 Å². The first kappa shape index (κ1) is 15.4. The Labute approximate surface area is 122 Å². The minimum absolute atomic E-state index is 0.0536. The summed E-state index contributed by atoms with van der Waals surface area (Å²) >= 11 is 0. The fraction of sp³-hybridized carbons (Fsp3) is 0.500. The fourth-order valence-corrected chi connectivity index (χ4v) is 2.45. The number of hydrogen-bond acceptors (Lipinski definition) is 5. The number of nitro groups is 1. The van der Waals surface area contributed by atoms with E-state index in [-0.39, 0.29) is 18.2 Å². The van der Waals surface area contributed by atoms with Gasteiger partial charge in [-0.3, -0.25) is 14.9 Å². The van der Waals surface area contributed by atoms with E-state index < -0.39 is 16.6 Å². The van der Waals surface area contributed by atoms with Gasteiger partial charge in [0.15, 0.2) is 0 Å². The molecule has 1 amide bonds. The summed E-state index contributed by atoms with van der Waals surface area (Å²) in [6.45, 7) is 4.25. The smallest absolute Gasteiger partial charge is 0.269 e. The van der Waals surface area contributed by atoms with Crippen LogP contribution in [0.15, 0.2) is 24.3 Å². The summed E-state index contributed by atoms with van der Waals surface area (Å²) in [5.74, 6) is -0.222. The second-order valence-electron chi connectivity index (χ2n) is 5.67. The number of morpholine rings is 1. The molecule has 1 unspecified atom stereocenters. The van der Waals surface area contributed by atoms with Gasteiger partial charge in [-0.1, -0.05) is 0 Å². The molecule has 0 saturated carbocycles. The predicted molar refractivity (Wildman–Crippen MR) is 75.0 cm³/mol. The summed E-state index contributed by atoms with van der Waals surface area (Å²) in [6.07, 6.45) is -0.421. The highest BCUT2D eigenvalue weighted by Gasteiger charge is 2.35. The number of non-ortho nitro benzene ring substituents is 1. The van der Waals surface area contributed by atoms with Crippen molar-refractivity contribution >= 4 is 11.6 Å². The summed E-state index contributed by atoms with van der Waals surface area (Å²) < 4.78 is 5.66. The Morgan fingerprint density at radius 2 is 2.10 bits per heavy atom. The van der Waals surface area contributed by atoms with Crippen LogP contribution in [0.2, 0.25) is 0 Å². The second kappa shape index (κ2) is 5.79. The molecule has 7 heteroatoms. The van der Waals surface area contributed by atoms with E-state index >= 15 is 0 Å². The Bertz CT molecular complexity index is 541. The molecule has 1 N–H and O–H groups in total. The first-order valence-electron chi connectivity index (χ1n) is 6.65. The van der Waals surface area contributed by atoms with Gasteiger partial charge in [0.05, 0.1) is 23.2 Å². The van der Waals surface area contributed by atoms with E-state index in [9.17, 15) is 20.0 Å². The van der Waals surface area contributed by atoms with Gasteiger partial charge in [0.1, 0.15) is 0 Å². The van der Waals surface area contributed by atoms with E-state index in [1.165, 1.54) is 24.3 Å². The Kier molecular flexibility index (Phi) is 4.24. The molecule has 0 bridgehead atoms. The number of ether oxygens (including phenoxy) is 1. The molecule has 2 rings (SSSR count). The van der Waals surface area contributed by atoms with Crippen LogP contribution in [0.3, 0.4) is 0 Å². The largest absolute Gasteiger partial charge is 0.394 e. The van der Waals surface area contributed by atoms with Gasteiger partial charge in [-0.15, -0.1) is 0 Å². The van der Waals surface area contributed by atoms with Gasteiger partial charge in [-0.2, -0.15) is 0 Å².